The van der Waals surface area contributed by atoms with Crippen LogP contribution in [0.5, 0.6) is 0 Å². The van der Waals surface area contributed by atoms with Crippen molar-refractivity contribution >= 4 is 17.4 Å². The Bertz CT molecular complexity index is 344. The van der Waals surface area contributed by atoms with Gasteiger partial charge < -0.3 is 10.4 Å². The van der Waals surface area contributed by atoms with Crippen molar-refractivity contribution in [2.45, 2.75) is 45.8 Å². The maximum absolute atomic E-state index is 9.28. The molecule has 0 radical (unpaired) electrons. The molecule has 0 amide bonds. The number of aliphatic hydroxyl groups excluding tert-OH is 1. The lowest BCUT2D eigenvalue weighted by molar-refractivity contribution is 0.179. The highest BCUT2D eigenvalue weighted by atomic mass is 35.5. The predicted molar refractivity (Wildman–Crippen MR) is 65.8 cm³/mol. The van der Waals surface area contributed by atoms with E-state index < -0.39 is 0 Å². The van der Waals surface area contributed by atoms with E-state index >= 15 is 0 Å². The molecule has 0 saturated carbocycles. The molecular formula is C11H18ClN3O. The molecule has 16 heavy (non-hydrogen) atoms. The molecule has 90 valence electrons. The molecule has 1 aromatic heterocycles. The van der Waals surface area contributed by atoms with Crippen LogP contribution in [0.4, 0.5) is 5.82 Å². The van der Waals surface area contributed by atoms with E-state index in [4.69, 9.17) is 11.6 Å². The van der Waals surface area contributed by atoms with Crippen molar-refractivity contribution in [1.82, 2.24) is 9.97 Å². The Labute approximate surface area is 101 Å². The van der Waals surface area contributed by atoms with Crippen LogP contribution in [0.15, 0.2) is 6.33 Å². The summed E-state index contributed by atoms with van der Waals surface area (Å²) < 4.78 is 0. The molecule has 2 unspecified atom stereocenters. The van der Waals surface area contributed by atoms with Crippen LogP contribution in [0.25, 0.3) is 0 Å². The van der Waals surface area contributed by atoms with Crippen molar-refractivity contribution < 1.29 is 5.11 Å². The minimum absolute atomic E-state index is 0.149. The van der Waals surface area contributed by atoms with Gasteiger partial charge in [0.2, 0.25) is 0 Å². The molecule has 1 heterocycles. The molecular weight excluding hydrogens is 226 g/mol. The molecule has 0 bridgehead atoms. The van der Waals surface area contributed by atoms with Gasteiger partial charge in [0.25, 0.3) is 0 Å². The van der Waals surface area contributed by atoms with Crippen LogP contribution in [0.1, 0.15) is 32.8 Å². The molecule has 0 saturated heterocycles. The molecule has 2 atom stereocenters. The molecule has 5 heteroatoms. The van der Waals surface area contributed by atoms with E-state index in [9.17, 15) is 5.11 Å². The monoisotopic (exact) mass is 243 g/mol. The molecule has 2 N–H and O–H groups in total. The number of hydrogen-bond donors (Lipinski definition) is 2. The van der Waals surface area contributed by atoms with E-state index in [0.717, 1.165) is 17.8 Å². The smallest absolute Gasteiger partial charge is 0.137 e. The van der Waals surface area contributed by atoms with E-state index in [0.29, 0.717) is 11.6 Å². The first kappa shape index (κ1) is 13.2. The zero-order valence-electron chi connectivity index (χ0n) is 9.87. The summed E-state index contributed by atoms with van der Waals surface area (Å²) >= 11 is 5.98. The van der Waals surface area contributed by atoms with Crippen LogP contribution in [0, 0.1) is 0 Å². The van der Waals surface area contributed by atoms with E-state index in [1.54, 1.807) is 6.92 Å². The van der Waals surface area contributed by atoms with E-state index in [2.05, 4.69) is 15.3 Å². The number of aliphatic hydroxyl groups is 1. The maximum atomic E-state index is 9.28. The summed E-state index contributed by atoms with van der Waals surface area (Å²) in [6, 6.07) is 0.149. The highest BCUT2D eigenvalue weighted by Gasteiger charge is 2.11. The molecule has 0 aromatic carbocycles. The zero-order valence-corrected chi connectivity index (χ0v) is 10.6. The highest BCUT2D eigenvalue weighted by molar-refractivity contribution is 6.30. The fraction of sp³-hybridized carbons (Fsp3) is 0.636. The second kappa shape index (κ2) is 6.01. The van der Waals surface area contributed by atoms with Gasteiger partial charge in [-0.25, -0.2) is 9.97 Å². The van der Waals surface area contributed by atoms with Gasteiger partial charge in [0.15, 0.2) is 0 Å². The fourth-order valence-corrected chi connectivity index (χ4v) is 1.90. The van der Waals surface area contributed by atoms with E-state index in [1.807, 2.05) is 13.8 Å². The molecule has 0 spiro atoms. The SMILES string of the molecule is CCc1c(Cl)ncnc1NC(C)CC(C)O. The van der Waals surface area contributed by atoms with Gasteiger partial charge in [-0.2, -0.15) is 0 Å². The second-order valence-corrected chi connectivity index (χ2v) is 4.33. The van der Waals surface area contributed by atoms with Crippen LogP contribution < -0.4 is 5.32 Å². The Morgan fingerprint density at radius 2 is 2.12 bits per heavy atom. The van der Waals surface area contributed by atoms with Gasteiger partial charge in [0.05, 0.1) is 6.10 Å². The molecule has 1 aromatic rings. The van der Waals surface area contributed by atoms with Gasteiger partial charge in [-0.3, -0.25) is 0 Å². The summed E-state index contributed by atoms with van der Waals surface area (Å²) in [6.45, 7) is 5.78. The first-order valence-electron chi connectivity index (χ1n) is 5.48. The van der Waals surface area contributed by atoms with Gasteiger partial charge >= 0.3 is 0 Å². The third kappa shape index (κ3) is 3.61. The minimum atomic E-state index is -0.329. The van der Waals surface area contributed by atoms with Crippen molar-refractivity contribution in [3.63, 3.8) is 0 Å². The number of nitrogens with zero attached hydrogens (tertiary/aromatic N) is 2. The quantitative estimate of drug-likeness (QED) is 0.779. The van der Waals surface area contributed by atoms with Crippen molar-refractivity contribution in [1.29, 1.82) is 0 Å². The topological polar surface area (TPSA) is 58.0 Å². The Morgan fingerprint density at radius 3 is 2.69 bits per heavy atom. The maximum Gasteiger partial charge on any atom is 0.137 e. The van der Waals surface area contributed by atoms with Crippen LogP contribution in [0.2, 0.25) is 5.15 Å². The Balaban J connectivity index is 2.76. The summed E-state index contributed by atoms with van der Waals surface area (Å²) in [5.41, 5.74) is 0.918. The number of nitrogens with one attached hydrogen (secondary N) is 1. The molecule has 0 aliphatic rings. The van der Waals surface area contributed by atoms with Gasteiger partial charge in [-0.15, -0.1) is 0 Å². The average molecular weight is 244 g/mol. The lowest BCUT2D eigenvalue weighted by Gasteiger charge is -2.18. The standard InChI is InChI=1S/C11H18ClN3O/c1-4-9-10(12)13-6-14-11(9)15-7(2)5-8(3)16/h6-8,16H,4-5H2,1-3H3,(H,13,14,15). The summed E-state index contributed by atoms with van der Waals surface area (Å²) in [6.07, 6.45) is 2.57. The van der Waals surface area contributed by atoms with E-state index in [-0.39, 0.29) is 12.1 Å². The normalized spacial score (nSPS) is 14.6. The van der Waals surface area contributed by atoms with Crippen molar-refractivity contribution in [2.75, 3.05) is 5.32 Å². The summed E-state index contributed by atoms with van der Waals surface area (Å²) in [5.74, 6) is 0.760. The molecule has 0 fully saturated rings. The number of hydrogen-bond acceptors (Lipinski definition) is 4. The molecule has 1 rings (SSSR count). The van der Waals surface area contributed by atoms with Gasteiger partial charge in [0, 0.05) is 11.6 Å². The third-order valence-electron chi connectivity index (χ3n) is 2.32. The second-order valence-electron chi connectivity index (χ2n) is 3.98. The fourth-order valence-electron chi connectivity index (χ4n) is 1.63. The van der Waals surface area contributed by atoms with Crippen molar-refractivity contribution in [3.8, 4) is 0 Å². The van der Waals surface area contributed by atoms with E-state index in [1.165, 1.54) is 6.33 Å². The number of anilines is 1. The van der Waals surface area contributed by atoms with Crippen LogP contribution in [-0.4, -0.2) is 27.2 Å². The summed E-state index contributed by atoms with van der Waals surface area (Å²) in [4.78, 5) is 8.11. The van der Waals surface area contributed by atoms with Crippen molar-refractivity contribution in [3.05, 3.63) is 17.0 Å². The first-order chi connectivity index (χ1) is 7.54. The minimum Gasteiger partial charge on any atom is -0.393 e. The largest absolute Gasteiger partial charge is 0.393 e. The molecule has 0 aliphatic heterocycles. The number of aromatic nitrogens is 2. The third-order valence-corrected chi connectivity index (χ3v) is 2.65. The average Bonchev–Trinajstić information content (AvgIpc) is 2.16. The van der Waals surface area contributed by atoms with Gasteiger partial charge in [0.1, 0.15) is 17.3 Å². The lowest BCUT2D eigenvalue weighted by atomic mass is 10.1. The van der Waals surface area contributed by atoms with Gasteiger partial charge in [-0.1, -0.05) is 18.5 Å². The van der Waals surface area contributed by atoms with Crippen LogP contribution in [-0.2, 0) is 6.42 Å². The van der Waals surface area contributed by atoms with Crippen LogP contribution in [0.3, 0.4) is 0 Å². The molecule has 0 aliphatic carbocycles. The predicted octanol–water partition coefficient (Wildman–Crippen LogP) is 2.26. The first-order valence-corrected chi connectivity index (χ1v) is 5.86. The number of rotatable bonds is 5. The highest BCUT2D eigenvalue weighted by Crippen LogP contribution is 2.21. The summed E-state index contributed by atoms with van der Waals surface area (Å²) in [5, 5.41) is 13.0. The summed E-state index contributed by atoms with van der Waals surface area (Å²) in [7, 11) is 0. The Hall–Kier alpha value is -0.870. The van der Waals surface area contributed by atoms with Gasteiger partial charge in [-0.05, 0) is 26.7 Å². The van der Waals surface area contributed by atoms with Crippen LogP contribution >= 0.6 is 11.6 Å². The molecule has 4 nitrogen and oxygen atoms in total. The lowest BCUT2D eigenvalue weighted by Crippen LogP contribution is -2.22. The zero-order chi connectivity index (χ0) is 12.1. The Morgan fingerprint density at radius 1 is 1.44 bits per heavy atom. The number of halogens is 1. The Kier molecular flexibility index (Phi) is 4.96. The van der Waals surface area contributed by atoms with Crippen molar-refractivity contribution in [2.24, 2.45) is 0 Å².